The third-order valence-electron chi connectivity index (χ3n) is 3.65. The van der Waals surface area contributed by atoms with Gasteiger partial charge in [-0.1, -0.05) is 48.6 Å². The van der Waals surface area contributed by atoms with E-state index in [9.17, 15) is 14.4 Å². The quantitative estimate of drug-likeness (QED) is 0.700. The van der Waals surface area contributed by atoms with Crippen LogP contribution in [0.15, 0.2) is 52.2 Å². The van der Waals surface area contributed by atoms with Crippen molar-refractivity contribution in [3.8, 4) is 0 Å². The third-order valence-corrected chi connectivity index (χ3v) is 4.64. The van der Waals surface area contributed by atoms with Crippen LogP contribution >= 0.6 is 11.3 Å². The molecule has 0 aliphatic heterocycles. The molecule has 26 heavy (non-hydrogen) atoms. The number of carbonyl (C=O) groups is 1. The van der Waals surface area contributed by atoms with Crippen LogP contribution in [0.4, 0.5) is 5.13 Å². The number of hydrogen-bond donors (Lipinski definition) is 1. The van der Waals surface area contributed by atoms with Gasteiger partial charge in [0.15, 0.2) is 0 Å². The molecule has 9 heteroatoms. The average molecular weight is 371 g/mol. The van der Waals surface area contributed by atoms with Crippen LogP contribution in [0.25, 0.3) is 0 Å². The van der Waals surface area contributed by atoms with Crippen LogP contribution in [0.1, 0.15) is 17.5 Å². The molecule has 0 spiro atoms. The van der Waals surface area contributed by atoms with Crippen LogP contribution in [0.2, 0.25) is 0 Å². The van der Waals surface area contributed by atoms with Crippen molar-refractivity contribution in [1.29, 1.82) is 0 Å². The number of aromatic nitrogens is 4. The molecule has 134 valence electrons. The maximum Gasteiger partial charge on any atom is 0.331 e. The van der Waals surface area contributed by atoms with E-state index in [2.05, 4.69) is 15.5 Å². The molecule has 0 unspecified atom stereocenters. The summed E-state index contributed by atoms with van der Waals surface area (Å²) in [5, 5.41) is 11.5. The normalized spacial score (nSPS) is 10.7. The van der Waals surface area contributed by atoms with Crippen molar-refractivity contribution in [2.75, 3.05) is 5.32 Å². The second-order valence-electron chi connectivity index (χ2n) is 5.54. The number of carbonyl (C=O) groups excluding carboxylic acids is 1. The lowest BCUT2D eigenvalue weighted by molar-refractivity contribution is -0.116. The van der Waals surface area contributed by atoms with Gasteiger partial charge in [0, 0.05) is 12.3 Å². The maximum absolute atomic E-state index is 12.6. The van der Waals surface area contributed by atoms with Gasteiger partial charge in [-0.15, -0.1) is 10.2 Å². The highest BCUT2D eigenvalue weighted by Gasteiger charge is 2.12. The van der Waals surface area contributed by atoms with Gasteiger partial charge in [-0.05, 0) is 12.0 Å². The summed E-state index contributed by atoms with van der Waals surface area (Å²) in [5.74, 6) is -0.500. The first-order chi connectivity index (χ1) is 12.6. The minimum atomic E-state index is -0.539. The molecule has 0 saturated carbocycles. The fraction of sp³-hybridized carbons (Fsp3) is 0.235. The summed E-state index contributed by atoms with van der Waals surface area (Å²) in [5.41, 5.74) is -0.144. The zero-order valence-corrected chi connectivity index (χ0v) is 14.9. The Morgan fingerprint density at radius 3 is 2.62 bits per heavy atom. The van der Waals surface area contributed by atoms with E-state index in [1.54, 1.807) is 0 Å². The fourth-order valence-corrected chi connectivity index (χ4v) is 3.05. The Balaban J connectivity index is 1.78. The van der Waals surface area contributed by atoms with E-state index in [1.165, 1.54) is 28.2 Å². The van der Waals surface area contributed by atoms with Crippen molar-refractivity contribution in [2.45, 2.75) is 26.4 Å². The standard InChI is InChI=1S/C17H17N5O3S/c1-2-14-19-20-16(26-14)18-13(23)11-22-15(24)8-9-21(17(22)25)10-12-6-4-3-5-7-12/h3-9H,2,10-11H2,1H3,(H,18,20,23). The molecular weight excluding hydrogens is 354 g/mol. The lowest BCUT2D eigenvalue weighted by Gasteiger charge is -2.09. The number of hydrogen-bond acceptors (Lipinski definition) is 6. The Bertz CT molecular complexity index is 1020. The predicted molar refractivity (Wildman–Crippen MR) is 98.4 cm³/mol. The van der Waals surface area contributed by atoms with Crippen molar-refractivity contribution in [1.82, 2.24) is 19.3 Å². The topological polar surface area (TPSA) is 98.9 Å². The van der Waals surface area contributed by atoms with Crippen molar-refractivity contribution < 1.29 is 4.79 Å². The van der Waals surface area contributed by atoms with E-state index in [0.29, 0.717) is 11.7 Å². The number of nitrogens with one attached hydrogen (secondary N) is 1. The molecule has 8 nitrogen and oxygen atoms in total. The van der Waals surface area contributed by atoms with Gasteiger partial charge in [-0.2, -0.15) is 0 Å². The van der Waals surface area contributed by atoms with E-state index in [0.717, 1.165) is 21.6 Å². The smallest absolute Gasteiger partial charge is 0.299 e. The molecule has 2 aromatic heterocycles. The summed E-state index contributed by atoms with van der Waals surface area (Å²) in [6, 6.07) is 10.7. The number of anilines is 1. The highest BCUT2D eigenvalue weighted by molar-refractivity contribution is 7.15. The van der Waals surface area contributed by atoms with E-state index in [-0.39, 0.29) is 6.54 Å². The molecule has 0 bridgehead atoms. The molecule has 0 radical (unpaired) electrons. The van der Waals surface area contributed by atoms with Crippen LogP contribution in [0.5, 0.6) is 0 Å². The van der Waals surface area contributed by atoms with E-state index < -0.39 is 17.2 Å². The lowest BCUT2D eigenvalue weighted by atomic mass is 10.2. The van der Waals surface area contributed by atoms with Crippen LogP contribution in [0.3, 0.4) is 0 Å². The Kier molecular flexibility index (Phi) is 5.37. The second kappa shape index (κ2) is 7.87. The Labute approximate surface area is 152 Å². The van der Waals surface area contributed by atoms with Gasteiger partial charge in [0.2, 0.25) is 11.0 Å². The highest BCUT2D eigenvalue weighted by Crippen LogP contribution is 2.15. The fourth-order valence-electron chi connectivity index (χ4n) is 2.35. The molecule has 0 aliphatic rings. The Hall–Kier alpha value is -3.07. The highest BCUT2D eigenvalue weighted by atomic mass is 32.1. The first-order valence-corrected chi connectivity index (χ1v) is 8.85. The number of nitrogens with zero attached hydrogens (tertiary/aromatic N) is 4. The first-order valence-electron chi connectivity index (χ1n) is 8.03. The minimum absolute atomic E-state index is 0.317. The van der Waals surface area contributed by atoms with Gasteiger partial charge in [0.1, 0.15) is 11.6 Å². The van der Waals surface area contributed by atoms with Crippen molar-refractivity contribution in [2.24, 2.45) is 0 Å². The lowest BCUT2D eigenvalue weighted by Crippen LogP contribution is -2.41. The minimum Gasteiger partial charge on any atom is -0.299 e. The number of aryl methyl sites for hydroxylation is 1. The van der Waals surface area contributed by atoms with Crippen LogP contribution in [-0.4, -0.2) is 25.2 Å². The molecule has 0 aliphatic carbocycles. The molecular formula is C17H17N5O3S. The Morgan fingerprint density at radius 2 is 1.92 bits per heavy atom. The number of rotatable bonds is 6. The predicted octanol–water partition coefficient (Wildman–Crippen LogP) is 1.11. The average Bonchev–Trinajstić information content (AvgIpc) is 3.09. The van der Waals surface area contributed by atoms with Gasteiger partial charge in [0.05, 0.1) is 6.54 Å². The summed E-state index contributed by atoms with van der Waals surface area (Å²) >= 11 is 1.26. The summed E-state index contributed by atoms with van der Waals surface area (Å²) < 4.78 is 2.30. The van der Waals surface area contributed by atoms with Crippen LogP contribution in [-0.2, 0) is 24.3 Å². The summed E-state index contributed by atoms with van der Waals surface area (Å²) in [6.07, 6.45) is 2.15. The van der Waals surface area contributed by atoms with Crippen molar-refractivity contribution in [3.05, 3.63) is 74.0 Å². The molecule has 0 saturated heterocycles. The zero-order chi connectivity index (χ0) is 18.5. The van der Waals surface area contributed by atoms with Crippen molar-refractivity contribution in [3.63, 3.8) is 0 Å². The van der Waals surface area contributed by atoms with Gasteiger partial charge in [0.25, 0.3) is 5.56 Å². The third kappa shape index (κ3) is 4.12. The van der Waals surface area contributed by atoms with Crippen LogP contribution < -0.4 is 16.6 Å². The molecule has 1 amide bonds. The van der Waals surface area contributed by atoms with Crippen molar-refractivity contribution >= 4 is 22.4 Å². The van der Waals surface area contributed by atoms with Gasteiger partial charge < -0.3 is 0 Å². The van der Waals surface area contributed by atoms with Crippen LogP contribution in [0, 0.1) is 0 Å². The van der Waals surface area contributed by atoms with E-state index >= 15 is 0 Å². The monoisotopic (exact) mass is 371 g/mol. The summed E-state index contributed by atoms with van der Waals surface area (Å²) in [4.78, 5) is 36.8. The summed E-state index contributed by atoms with van der Waals surface area (Å²) in [7, 11) is 0. The Morgan fingerprint density at radius 1 is 1.15 bits per heavy atom. The molecule has 0 atom stereocenters. The maximum atomic E-state index is 12.6. The number of amides is 1. The first kappa shape index (κ1) is 17.7. The van der Waals surface area contributed by atoms with E-state index in [4.69, 9.17) is 0 Å². The molecule has 3 aromatic rings. The molecule has 1 aromatic carbocycles. The number of benzene rings is 1. The molecule has 3 rings (SSSR count). The van der Waals surface area contributed by atoms with E-state index in [1.807, 2.05) is 37.3 Å². The van der Waals surface area contributed by atoms with Gasteiger partial charge in [-0.25, -0.2) is 4.79 Å². The zero-order valence-electron chi connectivity index (χ0n) is 14.1. The molecule has 1 N–H and O–H groups in total. The summed E-state index contributed by atoms with van der Waals surface area (Å²) in [6.45, 7) is 1.87. The van der Waals surface area contributed by atoms with Gasteiger partial charge >= 0.3 is 5.69 Å². The SMILES string of the molecule is CCc1nnc(NC(=O)Cn2c(=O)ccn(Cc3ccccc3)c2=O)s1. The molecule has 0 fully saturated rings. The largest absolute Gasteiger partial charge is 0.331 e. The van der Waals surface area contributed by atoms with Gasteiger partial charge in [-0.3, -0.25) is 24.0 Å². The molecule has 2 heterocycles. The second-order valence-corrected chi connectivity index (χ2v) is 6.60.